The van der Waals surface area contributed by atoms with Gasteiger partial charge in [0.2, 0.25) is 0 Å². The molecule has 1 aromatic rings. The lowest BCUT2D eigenvalue weighted by atomic mass is 10.2. The van der Waals surface area contributed by atoms with Crippen LogP contribution >= 0.6 is 0 Å². The quantitative estimate of drug-likeness (QED) is 0.645. The van der Waals surface area contributed by atoms with Gasteiger partial charge in [-0.25, -0.2) is 0 Å². The first-order valence-electron chi connectivity index (χ1n) is 4.30. The minimum absolute atomic E-state index is 0.640. The molecule has 1 atom stereocenters. The van der Waals surface area contributed by atoms with Gasteiger partial charge in [-0.3, -0.25) is 4.79 Å². The molecule has 0 aromatic heterocycles. The molecule has 0 spiro atoms. The maximum absolute atomic E-state index is 9.57. The van der Waals surface area contributed by atoms with E-state index in [1.54, 1.807) is 0 Å². The third-order valence-electron chi connectivity index (χ3n) is 1.47. The number of carboxylic acid groups (broad SMARTS) is 1. The van der Waals surface area contributed by atoms with E-state index < -0.39 is 12.0 Å². The maximum atomic E-state index is 9.57. The first-order valence-corrected chi connectivity index (χ1v) is 4.30. The number of nitrogens with two attached hydrogens (primary N) is 2. The van der Waals surface area contributed by atoms with Crippen LogP contribution in [0.25, 0.3) is 0 Å². The molecular formula is C10H16N2O2. The summed E-state index contributed by atoms with van der Waals surface area (Å²) in [5.41, 5.74) is 11.4. The molecule has 0 bridgehead atoms. The Kier molecular flexibility index (Phi) is 6.36. The van der Waals surface area contributed by atoms with Crippen LogP contribution in [0.1, 0.15) is 12.5 Å². The van der Waals surface area contributed by atoms with E-state index in [0.717, 1.165) is 0 Å². The summed E-state index contributed by atoms with van der Waals surface area (Å²) in [5, 5.41) is 7.87. The van der Waals surface area contributed by atoms with Crippen LogP contribution in [0.5, 0.6) is 0 Å². The molecule has 0 amide bonds. The van der Waals surface area contributed by atoms with Gasteiger partial charge in [0.05, 0.1) is 0 Å². The van der Waals surface area contributed by atoms with E-state index in [2.05, 4.69) is 0 Å². The number of benzene rings is 1. The van der Waals surface area contributed by atoms with E-state index in [-0.39, 0.29) is 0 Å². The highest BCUT2D eigenvalue weighted by atomic mass is 16.4. The van der Waals surface area contributed by atoms with Gasteiger partial charge < -0.3 is 16.6 Å². The van der Waals surface area contributed by atoms with Crippen molar-refractivity contribution in [1.29, 1.82) is 0 Å². The maximum Gasteiger partial charge on any atom is 0.320 e. The predicted octanol–water partition coefficient (Wildman–Crippen LogP) is 0.564. The van der Waals surface area contributed by atoms with Crippen molar-refractivity contribution in [3.8, 4) is 0 Å². The SMILES string of the molecule is CC(N)C(=O)O.NCc1ccccc1. The van der Waals surface area contributed by atoms with Crippen LogP contribution in [-0.4, -0.2) is 17.1 Å². The Balaban J connectivity index is 0.000000255. The van der Waals surface area contributed by atoms with Crippen molar-refractivity contribution in [2.75, 3.05) is 0 Å². The third kappa shape index (κ3) is 6.16. The smallest absolute Gasteiger partial charge is 0.320 e. The van der Waals surface area contributed by atoms with E-state index in [1.807, 2.05) is 30.3 Å². The van der Waals surface area contributed by atoms with Gasteiger partial charge in [-0.15, -0.1) is 0 Å². The molecule has 0 fully saturated rings. The summed E-state index contributed by atoms with van der Waals surface area (Å²) in [5.74, 6) is -0.963. The van der Waals surface area contributed by atoms with Crippen molar-refractivity contribution < 1.29 is 9.90 Å². The number of aliphatic carboxylic acids is 1. The number of rotatable bonds is 2. The summed E-state index contributed by atoms with van der Waals surface area (Å²) in [6.45, 7) is 2.06. The minimum atomic E-state index is -0.963. The standard InChI is InChI=1S/C7H9N.C3H7NO2/c8-6-7-4-2-1-3-5-7;1-2(4)3(5)6/h1-5H,6,8H2;2H,4H2,1H3,(H,5,6). The topological polar surface area (TPSA) is 89.3 Å². The van der Waals surface area contributed by atoms with E-state index in [4.69, 9.17) is 16.6 Å². The Morgan fingerprint density at radius 3 is 2.07 bits per heavy atom. The lowest BCUT2D eigenvalue weighted by Gasteiger charge is -1.90. The summed E-state index contributed by atoms with van der Waals surface area (Å²) in [4.78, 5) is 9.57. The van der Waals surface area contributed by atoms with Gasteiger partial charge in [-0.05, 0) is 12.5 Å². The Morgan fingerprint density at radius 2 is 1.86 bits per heavy atom. The Bertz CT molecular complexity index is 260. The molecule has 0 heterocycles. The van der Waals surface area contributed by atoms with Gasteiger partial charge in [-0.2, -0.15) is 0 Å². The van der Waals surface area contributed by atoms with Crippen molar-refractivity contribution in [3.63, 3.8) is 0 Å². The van der Waals surface area contributed by atoms with Crippen molar-refractivity contribution >= 4 is 5.97 Å². The highest BCUT2D eigenvalue weighted by Gasteiger charge is 1.99. The zero-order valence-electron chi connectivity index (χ0n) is 8.18. The second kappa shape index (κ2) is 7.06. The molecule has 1 unspecified atom stereocenters. The number of carboxylic acids is 1. The molecule has 1 aromatic carbocycles. The fourth-order valence-corrected chi connectivity index (χ4v) is 0.614. The second-order valence-electron chi connectivity index (χ2n) is 2.82. The average molecular weight is 196 g/mol. The molecule has 5 N–H and O–H groups in total. The normalized spacial score (nSPS) is 11.1. The molecule has 0 aliphatic carbocycles. The monoisotopic (exact) mass is 196 g/mol. The minimum Gasteiger partial charge on any atom is -0.480 e. The summed E-state index contributed by atoms with van der Waals surface area (Å²) in [6.07, 6.45) is 0. The molecule has 0 saturated heterocycles. The summed E-state index contributed by atoms with van der Waals surface area (Å²) in [7, 11) is 0. The van der Waals surface area contributed by atoms with Crippen LogP contribution in [0.2, 0.25) is 0 Å². The second-order valence-corrected chi connectivity index (χ2v) is 2.82. The van der Waals surface area contributed by atoms with Gasteiger partial charge in [0.15, 0.2) is 0 Å². The van der Waals surface area contributed by atoms with E-state index >= 15 is 0 Å². The van der Waals surface area contributed by atoms with Crippen LogP contribution in [0.4, 0.5) is 0 Å². The van der Waals surface area contributed by atoms with Crippen LogP contribution in [0, 0.1) is 0 Å². The molecule has 4 nitrogen and oxygen atoms in total. The Morgan fingerprint density at radius 1 is 1.43 bits per heavy atom. The third-order valence-corrected chi connectivity index (χ3v) is 1.47. The summed E-state index contributed by atoms with van der Waals surface area (Å²) >= 11 is 0. The molecule has 0 aliphatic rings. The first-order chi connectivity index (χ1) is 6.57. The molecule has 4 heteroatoms. The van der Waals surface area contributed by atoms with Crippen molar-refractivity contribution in [2.45, 2.75) is 19.5 Å². The van der Waals surface area contributed by atoms with Gasteiger partial charge in [-0.1, -0.05) is 30.3 Å². The average Bonchev–Trinajstić information content (AvgIpc) is 2.20. The Hall–Kier alpha value is -1.39. The van der Waals surface area contributed by atoms with E-state index in [0.29, 0.717) is 6.54 Å². The van der Waals surface area contributed by atoms with Gasteiger partial charge in [0, 0.05) is 6.54 Å². The van der Waals surface area contributed by atoms with Crippen LogP contribution in [0.3, 0.4) is 0 Å². The molecule has 14 heavy (non-hydrogen) atoms. The highest BCUT2D eigenvalue weighted by molar-refractivity contribution is 5.72. The first kappa shape index (κ1) is 12.6. The molecule has 78 valence electrons. The van der Waals surface area contributed by atoms with Crippen molar-refractivity contribution in [2.24, 2.45) is 11.5 Å². The summed E-state index contributed by atoms with van der Waals surface area (Å²) < 4.78 is 0. The van der Waals surface area contributed by atoms with Crippen molar-refractivity contribution in [1.82, 2.24) is 0 Å². The fraction of sp³-hybridized carbons (Fsp3) is 0.300. The number of hydrogen-bond acceptors (Lipinski definition) is 3. The van der Waals surface area contributed by atoms with Gasteiger partial charge in [0.1, 0.15) is 6.04 Å². The van der Waals surface area contributed by atoms with Crippen LogP contribution in [-0.2, 0) is 11.3 Å². The molecule has 0 radical (unpaired) electrons. The van der Waals surface area contributed by atoms with Gasteiger partial charge >= 0.3 is 5.97 Å². The Labute approximate surface area is 83.5 Å². The molecule has 0 aliphatic heterocycles. The largest absolute Gasteiger partial charge is 0.480 e. The zero-order chi connectivity index (χ0) is 11.0. The highest BCUT2D eigenvalue weighted by Crippen LogP contribution is 1.94. The number of hydrogen-bond donors (Lipinski definition) is 3. The number of carbonyl (C=O) groups is 1. The van der Waals surface area contributed by atoms with Crippen molar-refractivity contribution in [3.05, 3.63) is 35.9 Å². The summed E-state index contributed by atoms with van der Waals surface area (Å²) in [6, 6.07) is 9.26. The van der Waals surface area contributed by atoms with Gasteiger partial charge in [0.25, 0.3) is 0 Å². The molecular weight excluding hydrogens is 180 g/mol. The zero-order valence-corrected chi connectivity index (χ0v) is 8.18. The lowest BCUT2D eigenvalue weighted by molar-refractivity contribution is -0.138. The lowest BCUT2D eigenvalue weighted by Crippen LogP contribution is -2.25. The van der Waals surface area contributed by atoms with Crippen LogP contribution < -0.4 is 11.5 Å². The molecule has 1 rings (SSSR count). The van der Waals surface area contributed by atoms with Crippen LogP contribution in [0.15, 0.2) is 30.3 Å². The molecule has 0 saturated carbocycles. The van der Waals surface area contributed by atoms with E-state index in [9.17, 15) is 4.79 Å². The predicted molar refractivity (Wildman–Crippen MR) is 55.6 cm³/mol. The van der Waals surface area contributed by atoms with E-state index in [1.165, 1.54) is 12.5 Å². The fourth-order valence-electron chi connectivity index (χ4n) is 0.614.